The molecule has 2 amide bonds. The number of rotatable bonds is 8. The van der Waals surface area contributed by atoms with Crippen molar-refractivity contribution in [2.24, 2.45) is 5.92 Å². The number of carbonyl (C=O) groups excluding carboxylic acids is 3. The monoisotopic (exact) mass is 518 g/mol. The average molecular weight is 519 g/mol. The van der Waals surface area contributed by atoms with Crippen LogP contribution in [-0.4, -0.2) is 70.5 Å². The zero-order valence-corrected chi connectivity index (χ0v) is 22.3. The fourth-order valence-electron chi connectivity index (χ4n) is 6.23. The fraction of sp³-hybridized carbons (Fsp3) is 0.516. The molecule has 0 bridgehead atoms. The number of amides is 2. The molecule has 0 aliphatic carbocycles. The van der Waals surface area contributed by atoms with Crippen molar-refractivity contribution in [2.45, 2.75) is 76.6 Å². The highest BCUT2D eigenvalue weighted by Crippen LogP contribution is 2.31. The molecule has 5 rings (SSSR count). The Morgan fingerprint density at radius 2 is 1.76 bits per heavy atom. The first-order valence-electron chi connectivity index (χ1n) is 13.9. The average Bonchev–Trinajstić information content (AvgIpc) is 3.48. The summed E-state index contributed by atoms with van der Waals surface area (Å²) in [4.78, 5) is 43.5. The number of hydrogen-bond acceptors (Lipinski definition) is 5. The molecule has 2 aromatic carbocycles. The van der Waals surface area contributed by atoms with Gasteiger partial charge in [-0.1, -0.05) is 56.3 Å². The topological polar surface area (TPSA) is 87.2 Å². The Morgan fingerprint density at radius 1 is 1.05 bits per heavy atom. The third-order valence-corrected chi connectivity index (χ3v) is 8.34. The van der Waals surface area contributed by atoms with Gasteiger partial charge >= 0.3 is 0 Å². The van der Waals surface area contributed by atoms with E-state index in [1.807, 2.05) is 32.0 Å². The van der Waals surface area contributed by atoms with Gasteiger partial charge < -0.3 is 19.6 Å². The first-order valence-corrected chi connectivity index (χ1v) is 13.9. The highest BCUT2D eigenvalue weighted by Gasteiger charge is 2.45. The van der Waals surface area contributed by atoms with Crippen LogP contribution in [0.2, 0.25) is 0 Å². The van der Waals surface area contributed by atoms with Crippen LogP contribution in [0.4, 0.5) is 0 Å². The number of β-amino-alcohol motifs (C(OH)–C–C–N with tert-alkyl or cyclic N) is 1. The van der Waals surface area contributed by atoms with Crippen molar-refractivity contribution >= 4 is 17.6 Å². The van der Waals surface area contributed by atoms with Crippen molar-refractivity contribution < 1.29 is 24.2 Å². The highest BCUT2D eigenvalue weighted by atomic mass is 16.5. The standard InChI is InChI=1S/C31H38N2O5/c1-20(2)29(33-18-24-5-3-4-6-26(24)30(33)36)31(37)32-19-25(34)17-27(32)28(35)12-9-21-7-10-22(11-8-21)23-13-15-38-16-14-23/h3-8,10-11,20,23,25,27,29,34H,9,12-19H2,1-2H3/t25-,27+,29+/m1/s1. The molecule has 38 heavy (non-hydrogen) atoms. The molecule has 7 heteroatoms. The third kappa shape index (κ3) is 5.40. The largest absolute Gasteiger partial charge is 0.391 e. The minimum Gasteiger partial charge on any atom is -0.391 e. The third-order valence-electron chi connectivity index (χ3n) is 8.34. The van der Waals surface area contributed by atoms with Crippen LogP contribution < -0.4 is 0 Å². The predicted octanol–water partition coefficient (Wildman–Crippen LogP) is 3.72. The summed E-state index contributed by atoms with van der Waals surface area (Å²) in [5.74, 6) is -0.0510. The lowest BCUT2D eigenvalue weighted by Crippen LogP contribution is -2.54. The van der Waals surface area contributed by atoms with Crippen LogP contribution in [0.3, 0.4) is 0 Å². The molecule has 3 heterocycles. The van der Waals surface area contributed by atoms with Crippen molar-refractivity contribution in [3.8, 4) is 0 Å². The molecule has 0 aromatic heterocycles. The molecule has 202 valence electrons. The number of Topliss-reactive ketones (excluding diaryl/α,β-unsaturated/α-hetero) is 1. The molecule has 7 nitrogen and oxygen atoms in total. The second-order valence-corrected chi connectivity index (χ2v) is 11.3. The quantitative estimate of drug-likeness (QED) is 0.576. The Balaban J connectivity index is 1.24. The van der Waals surface area contributed by atoms with Crippen molar-refractivity contribution in [1.29, 1.82) is 0 Å². The second-order valence-electron chi connectivity index (χ2n) is 11.3. The molecular formula is C31H38N2O5. The van der Waals surface area contributed by atoms with Crippen LogP contribution in [0.25, 0.3) is 0 Å². The zero-order chi connectivity index (χ0) is 26.8. The van der Waals surface area contributed by atoms with E-state index in [0.29, 0.717) is 30.9 Å². The molecule has 2 saturated heterocycles. The van der Waals surface area contributed by atoms with Gasteiger partial charge in [0.1, 0.15) is 6.04 Å². The number of aliphatic hydroxyl groups excluding tert-OH is 1. The number of ketones is 1. The summed E-state index contributed by atoms with van der Waals surface area (Å²) in [5, 5.41) is 10.5. The van der Waals surface area contributed by atoms with E-state index in [2.05, 4.69) is 24.3 Å². The number of benzene rings is 2. The SMILES string of the molecule is CC(C)[C@@H](C(=O)N1C[C@H](O)C[C@H]1C(=O)CCc1ccc(C2CCOCC2)cc1)N1Cc2ccccc2C1=O. The van der Waals surface area contributed by atoms with Crippen molar-refractivity contribution in [3.05, 3.63) is 70.8 Å². The van der Waals surface area contributed by atoms with Gasteiger partial charge in [0.05, 0.1) is 12.1 Å². The molecule has 1 N–H and O–H groups in total. The lowest BCUT2D eigenvalue weighted by atomic mass is 9.90. The fourth-order valence-corrected chi connectivity index (χ4v) is 6.23. The van der Waals surface area contributed by atoms with Gasteiger partial charge in [0.25, 0.3) is 5.91 Å². The molecular weight excluding hydrogens is 480 g/mol. The molecule has 3 aliphatic rings. The van der Waals surface area contributed by atoms with E-state index in [1.54, 1.807) is 11.0 Å². The maximum atomic E-state index is 13.9. The zero-order valence-electron chi connectivity index (χ0n) is 22.3. The van der Waals surface area contributed by atoms with Crippen LogP contribution in [0.15, 0.2) is 48.5 Å². The van der Waals surface area contributed by atoms with Gasteiger partial charge in [-0.15, -0.1) is 0 Å². The summed E-state index contributed by atoms with van der Waals surface area (Å²) in [7, 11) is 0. The summed E-state index contributed by atoms with van der Waals surface area (Å²) < 4.78 is 5.47. The molecule has 0 saturated carbocycles. The van der Waals surface area contributed by atoms with Crippen LogP contribution in [0.1, 0.15) is 72.5 Å². The smallest absolute Gasteiger partial charge is 0.255 e. The van der Waals surface area contributed by atoms with Crippen molar-refractivity contribution in [3.63, 3.8) is 0 Å². The molecule has 2 aromatic rings. The Bertz CT molecular complexity index is 1170. The summed E-state index contributed by atoms with van der Waals surface area (Å²) in [6.45, 7) is 5.95. The number of aryl methyl sites for hydroxylation is 1. The van der Waals surface area contributed by atoms with Crippen LogP contribution >= 0.6 is 0 Å². The first-order chi connectivity index (χ1) is 18.3. The van der Waals surface area contributed by atoms with Gasteiger partial charge in [-0.25, -0.2) is 0 Å². The molecule has 0 spiro atoms. The van der Waals surface area contributed by atoms with E-state index in [0.717, 1.165) is 37.2 Å². The van der Waals surface area contributed by atoms with E-state index in [1.165, 1.54) is 10.5 Å². The van der Waals surface area contributed by atoms with Crippen LogP contribution in [0.5, 0.6) is 0 Å². The Morgan fingerprint density at radius 3 is 2.45 bits per heavy atom. The van der Waals surface area contributed by atoms with E-state index in [-0.39, 0.29) is 36.5 Å². The number of nitrogens with zero attached hydrogens (tertiary/aromatic N) is 2. The molecule has 0 radical (unpaired) electrons. The van der Waals surface area contributed by atoms with E-state index >= 15 is 0 Å². The summed E-state index contributed by atoms with van der Waals surface area (Å²) in [6.07, 6.45) is 2.47. The molecule has 2 fully saturated rings. The van der Waals surface area contributed by atoms with Gasteiger partial charge in [0, 0.05) is 44.7 Å². The van der Waals surface area contributed by atoms with E-state index < -0.39 is 18.2 Å². The summed E-state index contributed by atoms with van der Waals surface area (Å²) in [5.41, 5.74) is 3.94. The van der Waals surface area contributed by atoms with Gasteiger partial charge in [0.15, 0.2) is 5.78 Å². The van der Waals surface area contributed by atoms with Gasteiger partial charge in [0.2, 0.25) is 5.91 Å². The lowest BCUT2D eigenvalue weighted by Gasteiger charge is -2.35. The molecule has 3 atom stereocenters. The first kappa shape index (κ1) is 26.6. The van der Waals surface area contributed by atoms with E-state index in [9.17, 15) is 19.5 Å². The van der Waals surface area contributed by atoms with Gasteiger partial charge in [-0.3, -0.25) is 14.4 Å². The molecule has 3 aliphatic heterocycles. The number of carbonyl (C=O) groups is 3. The van der Waals surface area contributed by atoms with Gasteiger partial charge in [-0.2, -0.15) is 0 Å². The van der Waals surface area contributed by atoms with Gasteiger partial charge in [-0.05, 0) is 53.9 Å². The number of aliphatic hydroxyl groups is 1. The van der Waals surface area contributed by atoms with Crippen molar-refractivity contribution in [1.82, 2.24) is 9.80 Å². The summed E-state index contributed by atoms with van der Waals surface area (Å²) in [6, 6.07) is 14.6. The van der Waals surface area contributed by atoms with E-state index in [4.69, 9.17) is 4.74 Å². The van der Waals surface area contributed by atoms with Crippen LogP contribution in [0, 0.1) is 5.92 Å². The summed E-state index contributed by atoms with van der Waals surface area (Å²) >= 11 is 0. The van der Waals surface area contributed by atoms with Crippen molar-refractivity contribution in [2.75, 3.05) is 19.8 Å². The normalized spacial score (nSPS) is 22.7. The number of hydrogen-bond donors (Lipinski definition) is 1. The maximum absolute atomic E-state index is 13.9. The second kappa shape index (κ2) is 11.4. The Hall–Kier alpha value is -3.03. The van der Waals surface area contributed by atoms with Crippen LogP contribution in [-0.2, 0) is 27.3 Å². The predicted molar refractivity (Wildman–Crippen MR) is 144 cm³/mol. The number of ether oxygens (including phenoxy) is 1. The number of fused-ring (bicyclic) bond motifs is 1. The maximum Gasteiger partial charge on any atom is 0.255 e. The lowest BCUT2D eigenvalue weighted by molar-refractivity contribution is -0.142. The molecule has 0 unspecified atom stereocenters. The Labute approximate surface area is 224 Å². The minimum absolute atomic E-state index is 0.0399. The number of likely N-dealkylation sites (tertiary alicyclic amines) is 1. The highest BCUT2D eigenvalue weighted by molar-refractivity contribution is 6.01. The minimum atomic E-state index is -0.744. The Kier molecular flexibility index (Phi) is 7.96.